The van der Waals surface area contributed by atoms with Crippen LogP contribution in [-0.2, 0) is 23.2 Å². The zero-order valence-electron chi connectivity index (χ0n) is 12.7. The predicted octanol–water partition coefficient (Wildman–Crippen LogP) is -4.95. The van der Waals surface area contributed by atoms with Gasteiger partial charge in [-0.1, -0.05) is 0 Å². The summed E-state index contributed by atoms with van der Waals surface area (Å²) < 4.78 is 20.0. The van der Waals surface area contributed by atoms with E-state index in [1.165, 1.54) is 0 Å². The molecule has 0 amide bonds. The van der Waals surface area contributed by atoms with E-state index in [1.807, 2.05) is 0 Å². The number of hydrogen-bond acceptors (Lipinski definition) is 12. The Labute approximate surface area is 141 Å². The molecule has 0 radical (unpaired) electrons. The molecule has 1 unspecified atom stereocenters. The van der Waals surface area contributed by atoms with Crippen molar-refractivity contribution in [3.63, 3.8) is 0 Å². The van der Waals surface area contributed by atoms with E-state index in [4.69, 9.17) is 20.4 Å². The second-order valence-corrected chi connectivity index (χ2v) is 6.25. The number of carbonyl (C=O) groups excluding carboxylic acids is 2. The molecule has 0 aromatic heterocycles. The normalized spacial score (nSPS) is 21.4. The van der Waals surface area contributed by atoms with Crippen LogP contribution in [0.25, 0.3) is 0 Å². The molecule has 13 nitrogen and oxygen atoms in total. The highest BCUT2D eigenvalue weighted by Gasteiger charge is 2.36. The third-order valence-corrected chi connectivity index (χ3v) is 3.88. The minimum atomic E-state index is -5.13. The van der Waals surface area contributed by atoms with Gasteiger partial charge in [-0.05, 0) is 0 Å². The van der Waals surface area contributed by atoms with E-state index in [2.05, 4.69) is 9.05 Å². The quantitative estimate of drug-likeness (QED) is 0.108. The summed E-state index contributed by atoms with van der Waals surface area (Å²) in [7, 11) is -5.13. The second kappa shape index (κ2) is 11.0. The van der Waals surface area contributed by atoms with Crippen LogP contribution in [0.5, 0.6) is 0 Å². The van der Waals surface area contributed by atoms with Gasteiger partial charge in [0, 0.05) is 0 Å². The molecule has 0 aliphatic carbocycles. The number of hydrogen-bond donors (Lipinski definition) is 8. The average molecular weight is 392 g/mol. The van der Waals surface area contributed by atoms with E-state index in [0.717, 1.165) is 0 Å². The number of carbonyl (C=O) groups is 2. The molecule has 0 aromatic rings. The highest BCUT2D eigenvalue weighted by molar-refractivity contribution is 7.47. The van der Waals surface area contributed by atoms with Gasteiger partial charge in [0.2, 0.25) is 0 Å². The molecule has 25 heavy (non-hydrogen) atoms. The molecule has 0 spiro atoms. The number of phosphoric acid groups is 1. The van der Waals surface area contributed by atoms with Gasteiger partial charge >= 0.3 is 7.82 Å². The molecule has 0 aliphatic rings. The van der Waals surface area contributed by atoms with Crippen molar-refractivity contribution < 1.29 is 63.8 Å². The Morgan fingerprint density at radius 3 is 1.92 bits per heavy atom. The number of aldehydes is 1. The van der Waals surface area contributed by atoms with Gasteiger partial charge in [0.25, 0.3) is 0 Å². The molecule has 0 rings (SSSR count). The summed E-state index contributed by atoms with van der Waals surface area (Å²) in [4.78, 5) is 31.6. The molecule has 0 saturated heterocycles. The lowest BCUT2D eigenvalue weighted by Crippen LogP contribution is -2.45. The second-order valence-electron chi connectivity index (χ2n) is 4.84. The van der Waals surface area contributed by atoms with Crippen molar-refractivity contribution in [1.82, 2.24) is 0 Å². The fourth-order valence-electron chi connectivity index (χ4n) is 1.42. The summed E-state index contributed by atoms with van der Waals surface area (Å²) in [6.07, 6.45) is -12.4. The van der Waals surface area contributed by atoms with Crippen molar-refractivity contribution in [1.29, 1.82) is 0 Å². The van der Waals surface area contributed by atoms with E-state index in [-0.39, 0.29) is 6.29 Å². The summed E-state index contributed by atoms with van der Waals surface area (Å²) in [5, 5.41) is 63.5. The highest BCUT2D eigenvalue weighted by atomic mass is 31.2. The maximum atomic E-state index is 11.6. The minimum Gasteiger partial charge on any atom is -0.394 e. The summed E-state index contributed by atoms with van der Waals surface area (Å²) in [6, 6.07) is 0. The molecule has 0 saturated carbocycles. The van der Waals surface area contributed by atoms with E-state index in [0.29, 0.717) is 0 Å². The Hall–Kier alpha value is -0.830. The van der Waals surface area contributed by atoms with E-state index >= 15 is 0 Å². The predicted molar refractivity (Wildman–Crippen MR) is 75.9 cm³/mol. The largest absolute Gasteiger partial charge is 0.473 e. The summed E-state index contributed by atoms with van der Waals surface area (Å²) >= 11 is 0. The zero-order valence-corrected chi connectivity index (χ0v) is 13.6. The first kappa shape index (κ1) is 24.2. The number of aliphatic hydroxyl groups is 7. The van der Waals surface area contributed by atoms with Crippen LogP contribution in [0, 0.1) is 0 Å². The van der Waals surface area contributed by atoms with Gasteiger partial charge in [-0.15, -0.1) is 0 Å². The summed E-state index contributed by atoms with van der Waals surface area (Å²) in [5.41, 5.74) is 0. The fraction of sp³-hybridized carbons (Fsp3) is 0.818. The number of aliphatic hydroxyl groups excluding tert-OH is 7. The lowest BCUT2D eigenvalue weighted by Gasteiger charge is -2.24. The topological polar surface area (TPSA) is 232 Å². The van der Waals surface area contributed by atoms with Gasteiger partial charge in [-0.25, -0.2) is 4.57 Å². The zero-order chi connectivity index (χ0) is 19.8. The number of Topliss-reactive ketones (excluding diaryl/α,β-unsaturated/α-hetero) is 1. The third kappa shape index (κ3) is 7.94. The van der Waals surface area contributed by atoms with Gasteiger partial charge in [0.1, 0.15) is 37.1 Å². The first-order valence-electron chi connectivity index (χ1n) is 6.76. The van der Waals surface area contributed by atoms with Crippen LogP contribution in [0.4, 0.5) is 0 Å². The Kier molecular flexibility index (Phi) is 10.6. The first-order valence-corrected chi connectivity index (χ1v) is 8.26. The molecule has 0 aromatic carbocycles. The van der Waals surface area contributed by atoms with Crippen LogP contribution in [0.1, 0.15) is 0 Å². The molecule has 14 heteroatoms. The lowest BCUT2D eigenvalue weighted by atomic mass is 10.1. The van der Waals surface area contributed by atoms with Gasteiger partial charge in [-0.2, -0.15) is 0 Å². The van der Waals surface area contributed by atoms with Crippen LogP contribution in [0.15, 0.2) is 0 Å². The van der Waals surface area contributed by atoms with E-state index < -0.39 is 70.1 Å². The standard InChI is InChI=1S/C11H21O13P/c12-1-5(15)9(18)8(3-14)24-25(21,22)23-4-7(17)11(20)10(19)6(16)2-13/h3,5-6,8-13,15-16,18-20H,1-2,4H2,(H,21,22)/t5-,6+,8-,9-,10+,11+/m0/s1. The monoisotopic (exact) mass is 392 g/mol. The SMILES string of the molecule is O=C[C@H](OP(=O)(O)OCC(=O)[C@@H](O)[C@H](O)[C@H](O)CO)[C@@H](O)[C@@H](O)CO. The fourth-order valence-corrected chi connectivity index (χ4v) is 2.25. The van der Waals surface area contributed by atoms with Crippen molar-refractivity contribution in [3.05, 3.63) is 0 Å². The molecule has 0 bridgehead atoms. The van der Waals surface area contributed by atoms with Gasteiger partial charge < -0.3 is 45.4 Å². The smallest absolute Gasteiger partial charge is 0.394 e. The molecular weight excluding hydrogens is 371 g/mol. The Morgan fingerprint density at radius 2 is 1.48 bits per heavy atom. The first-order chi connectivity index (χ1) is 11.5. The van der Waals surface area contributed by atoms with E-state index in [1.54, 1.807) is 0 Å². The molecule has 0 fully saturated rings. The van der Waals surface area contributed by atoms with Crippen LogP contribution in [0.3, 0.4) is 0 Å². The van der Waals surface area contributed by atoms with Crippen molar-refractivity contribution >= 4 is 19.9 Å². The van der Waals surface area contributed by atoms with Gasteiger partial charge in [0.05, 0.1) is 13.2 Å². The molecule has 7 atom stereocenters. The summed E-state index contributed by atoms with van der Waals surface area (Å²) in [6.45, 7) is -3.25. The minimum absolute atomic E-state index is 0.159. The maximum absolute atomic E-state index is 11.6. The van der Waals surface area contributed by atoms with Crippen LogP contribution < -0.4 is 0 Å². The molecular formula is C11H21O13P. The van der Waals surface area contributed by atoms with Crippen LogP contribution >= 0.6 is 7.82 Å². The van der Waals surface area contributed by atoms with Crippen molar-refractivity contribution in [2.75, 3.05) is 19.8 Å². The number of ketones is 1. The van der Waals surface area contributed by atoms with Crippen LogP contribution in [0.2, 0.25) is 0 Å². The molecule has 0 aliphatic heterocycles. The van der Waals surface area contributed by atoms with E-state index in [9.17, 15) is 34.4 Å². The van der Waals surface area contributed by atoms with Crippen LogP contribution in [-0.4, -0.2) is 109 Å². The Bertz CT molecular complexity index is 471. The van der Waals surface area contributed by atoms with Gasteiger partial charge in [-0.3, -0.25) is 13.8 Å². The highest BCUT2D eigenvalue weighted by Crippen LogP contribution is 2.44. The third-order valence-electron chi connectivity index (χ3n) is 2.91. The Morgan fingerprint density at radius 1 is 1.00 bits per heavy atom. The van der Waals surface area contributed by atoms with Gasteiger partial charge in [0.15, 0.2) is 18.2 Å². The lowest BCUT2D eigenvalue weighted by molar-refractivity contribution is -0.143. The summed E-state index contributed by atoms with van der Waals surface area (Å²) in [5.74, 6) is -1.36. The van der Waals surface area contributed by atoms with Crippen molar-refractivity contribution in [3.8, 4) is 0 Å². The van der Waals surface area contributed by atoms with Crippen molar-refractivity contribution in [2.24, 2.45) is 0 Å². The molecule has 0 heterocycles. The molecule has 8 N–H and O–H groups in total. The average Bonchev–Trinajstić information content (AvgIpc) is 2.60. The maximum Gasteiger partial charge on any atom is 0.473 e. The molecule has 148 valence electrons. The number of rotatable bonds is 13. The Balaban J connectivity index is 4.73. The number of phosphoric ester groups is 1. The van der Waals surface area contributed by atoms with Crippen molar-refractivity contribution in [2.45, 2.75) is 36.6 Å².